The summed E-state index contributed by atoms with van der Waals surface area (Å²) in [5.74, 6) is 0.361. The van der Waals surface area contributed by atoms with Gasteiger partial charge in [0.15, 0.2) is 0 Å². The van der Waals surface area contributed by atoms with Crippen LogP contribution in [0.5, 0.6) is 0 Å². The van der Waals surface area contributed by atoms with Crippen molar-refractivity contribution in [1.82, 2.24) is 15.1 Å². The van der Waals surface area contributed by atoms with Crippen LogP contribution < -0.4 is 5.32 Å². The van der Waals surface area contributed by atoms with Crippen LogP contribution in [0.4, 0.5) is 0 Å². The molecule has 4 nitrogen and oxygen atoms in total. The van der Waals surface area contributed by atoms with Crippen molar-refractivity contribution in [2.45, 2.75) is 63.7 Å². The van der Waals surface area contributed by atoms with E-state index in [4.69, 9.17) is 0 Å². The van der Waals surface area contributed by atoms with Gasteiger partial charge in [-0.25, -0.2) is 0 Å². The summed E-state index contributed by atoms with van der Waals surface area (Å²) < 4.78 is 0. The zero-order chi connectivity index (χ0) is 12.8. The maximum atomic E-state index is 12.5. The van der Waals surface area contributed by atoms with Crippen molar-refractivity contribution in [1.29, 1.82) is 0 Å². The molecular formula is C14H25N3O. The van der Waals surface area contributed by atoms with E-state index < -0.39 is 0 Å². The Balaban J connectivity index is 1.65. The van der Waals surface area contributed by atoms with E-state index in [0.29, 0.717) is 11.9 Å². The van der Waals surface area contributed by atoms with Gasteiger partial charge in [-0.05, 0) is 52.1 Å². The summed E-state index contributed by atoms with van der Waals surface area (Å²) in [6.07, 6.45) is 5.99. The molecular weight excluding hydrogens is 226 g/mol. The molecule has 1 spiro atoms. The summed E-state index contributed by atoms with van der Waals surface area (Å²) in [5.41, 5.74) is -0.147. The van der Waals surface area contributed by atoms with E-state index in [-0.39, 0.29) is 11.7 Å². The molecule has 3 rings (SSSR count). The summed E-state index contributed by atoms with van der Waals surface area (Å²) in [6.45, 7) is 7.74. The fraction of sp³-hybridized carbons (Fsp3) is 0.929. The van der Waals surface area contributed by atoms with Crippen LogP contribution in [0.25, 0.3) is 0 Å². The lowest BCUT2D eigenvalue weighted by molar-refractivity contribution is -0.131. The normalized spacial score (nSPS) is 32.4. The third kappa shape index (κ3) is 1.95. The van der Waals surface area contributed by atoms with E-state index in [2.05, 4.69) is 29.0 Å². The third-order valence-electron chi connectivity index (χ3n) is 4.85. The van der Waals surface area contributed by atoms with Crippen molar-refractivity contribution in [2.75, 3.05) is 19.6 Å². The van der Waals surface area contributed by atoms with Gasteiger partial charge in [0.05, 0.1) is 11.7 Å². The van der Waals surface area contributed by atoms with Gasteiger partial charge in [0.25, 0.3) is 0 Å². The number of rotatable bonds is 4. The van der Waals surface area contributed by atoms with Crippen molar-refractivity contribution < 1.29 is 4.79 Å². The van der Waals surface area contributed by atoms with E-state index in [0.717, 1.165) is 25.8 Å². The molecule has 2 heterocycles. The highest BCUT2D eigenvalue weighted by atomic mass is 16.2. The Kier molecular flexibility index (Phi) is 3.10. The minimum Gasteiger partial charge on any atom is -0.324 e. The first-order valence-electron chi connectivity index (χ1n) is 7.49. The number of nitrogens with one attached hydrogen (secondary N) is 1. The summed E-state index contributed by atoms with van der Waals surface area (Å²) in [5, 5.41) is 3.54. The van der Waals surface area contributed by atoms with E-state index in [1.807, 2.05) is 0 Å². The first kappa shape index (κ1) is 12.4. The van der Waals surface area contributed by atoms with Crippen LogP contribution >= 0.6 is 0 Å². The minimum absolute atomic E-state index is 0.147. The predicted molar refractivity (Wildman–Crippen MR) is 71.2 cm³/mol. The lowest BCUT2D eigenvalue weighted by Gasteiger charge is -2.31. The molecule has 3 fully saturated rings. The Morgan fingerprint density at radius 3 is 2.61 bits per heavy atom. The summed E-state index contributed by atoms with van der Waals surface area (Å²) in [7, 11) is 0. The zero-order valence-corrected chi connectivity index (χ0v) is 11.6. The SMILES string of the molecule is CCC1NC2(CC2)C(=O)N1CC(C)N1CCCC1. The van der Waals surface area contributed by atoms with E-state index in [1.54, 1.807) is 0 Å². The second-order valence-corrected chi connectivity index (χ2v) is 6.20. The summed E-state index contributed by atoms with van der Waals surface area (Å²) >= 11 is 0. The molecule has 1 N–H and O–H groups in total. The van der Waals surface area contributed by atoms with Crippen LogP contribution in [0.15, 0.2) is 0 Å². The molecule has 4 heteroatoms. The number of carbonyl (C=O) groups excluding carboxylic acids is 1. The standard InChI is InChI=1S/C14H25N3O/c1-3-12-15-14(6-7-14)13(18)17(12)10-11(2)16-8-4-5-9-16/h11-12,15H,3-10H2,1-2H3. The predicted octanol–water partition coefficient (Wildman–Crippen LogP) is 1.17. The lowest BCUT2D eigenvalue weighted by Crippen LogP contribution is -2.46. The third-order valence-corrected chi connectivity index (χ3v) is 4.85. The maximum Gasteiger partial charge on any atom is 0.244 e. The molecule has 102 valence electrons. The van der Waals surface area contributed by atoms with Crippen molar-refractivity contribution >= 4 is 5.91 Å². The van der Waals surface area contributed by atoms with Crippen molar-refractivity contribution in [3.63, 3.8) is 0 Å². The number of likely N-dealkylation sites (tertiary alicyclic amines) is 1. The van der Waals surface area contributed by atoms with Crippen LogP contribution in [0.3, 0.4) is 0 Å². The Morgan fingerprint density at radius 1 is 1.39 bits per heavy atom. The molecule has 2 aliphatic heterocycles. The van der Waals surface area contributed by atoms with E-state index in [1.165, 1.54) is 25.9 Å². The van der Waals surface area contributed by atoms with Gasteiger partial charge in [0, 0.05) is 12.6 Å². The molecule has 0 aromatic carbocycles. The molecule has 3 aliphatic rings. The second-order valence-electron chi connectivity index (χ2n) is 6.20. The molecule has 18 heavy (non-hydrogen) atoms. The molecule has 2 saturated heterocycles. The van der Waals surface area contributed by atoms with Crippen LogP contribution in [0, 0.1) is 0 Å². The first-order chi connectivity index (χ1) is 8.66. The summed E-state index contributed by atoms with van der Waals surface area (Å²) in [4.78, 5) is 17.1. The largest absolute Gasteiger partial charge is 0.324 e. The number of hydrogen-bond acceptors (Lipinski definition) is 3. The minimum atomic E-state index is -0.147. The fourth-order valence-corrected chi connectivity index (χ4v) is 3.47. The van der Waals surface area contributed by atoms with Crippen LogP contribution in [0.2, 0.25) is 0 Å². The lowest BCUT2D eigenvalue weighted by atomic mass is 10.2. The summed E-state index contributed by atoms with van der Waals surface area (Å²) in [6, 6.07) is 0.501. The van der Waals surface area contributed by atoms with Gasteiger partial charge in [-0.1, -0.05) is 6.92 Å². The number of amides is 1. The number of nitrogens with zero attached hydrogens (tertiary/aromatic N) is 2. The molecule has 1 saturated carbocycles. The molecule has 0 aromatic heterocycles. The van der Waals surface area contributed by atoms with Crippen LogP contribution in [-0.2, 0) is 4.79 Å². The first-order valence-corrected chi connectivity index (χ1v) is 7.49. The molecule has 2 unspecified atom stereocenters. The van der Waals surface area contributed by atoms with Gasteiger partial charge in [0.1, 0.15) is 0 Å². The maximum absolute atomic E-state index is 12.5. The van der Waals surface area contributed by atoms with Crippen molar-refractivity contribution in [3.05, 3.63) is 0 Å². The molecule has 2 atom stereocenters. The Bertz CT molecular complexity index is 334. The second kappa shape index (κ2) is 4.49. The van der Waals surface area contributed by atoms with Crippen molar-refractivity contribution in [3.8, 4) is 0 Å². The monoisotopic (exact) mass is 251 g/mol. The molecule has 0 bridgehead atoms. The van der Waals surface area contributed by atoms with Crippen molar-refractivity contribution in [2.24, 2.45) is 0 Å². The zero-order valence-electron chi connectivity index (χ0n) is 11.6. The van der Waals surface area contributed by atoms with Gasteiger partial charge in [-0.15, -0.1) is 0 Å². The average Bonchev–Trinajstić information content (AvgIpc) is 2.85. The van der Waals surface area contributed by atoms with Gasteiger partial charge in [-0.2, -0.15) is 0 Å². The Morgan fingerprint density at radius 2 is 2.06 bits per heavy atom. The highest BCUT2D eigenvalue weighted by Gasteiger charge is 2.58. The molecule has 0 radical (unpaired) electrons. The highest BCUT2D eigenvalue weighted by molar-refractivity contribution is 5.91. The van der Waals surface area contributed by atoms with Gasteiger partial charge in [-0.3, -0.25) is 15.0 Å². The Hall–Kier alpha value is -0.610. The van der Waals surface area contributed by atoms with Crippen LogP contribution in [0.1, 0.15) is 46.0 Å². The topological polar surface area (TPSA) is 35.6 Å². The number of carbonyl (C=O) groups is 1. The quantitative estimate of drug-likeness (QED) is 0.815. The van der Waals surface area contributed by atoms with Gasteiger partial charge < -0.3 is 4.90 Å². The molecule has 1 amide bonds. The number of hydrogen-bond donors (Lipinski definition) is 1. The van der Waals surface area contributed by atoms with Gasteiger partial charge >= 0.3 is 0 Å². The van der Waals surface area contributed by atoms with E-state index >= 15 is 0 Å². The van der Waals surface area contributed by atoms with E-state index in [9.17, 15) is 4.79 Å². The smallest absolute Gasteiger partial charge is 0.244 e. The average molecular weight is 251 g/mol. The van der Waals surface area contributed by atoms with Gasteiger partial charge in [0.2, 0.25) is 5.91 Å². The molecule has 0 aromatic rings. The fourth-order valence-electron chi connectivity index (χ4n) is 3.47. The highest BCUT2D eigenvalue weighted by Crippen LogP contribution is 2.42. The molecule has 1 aliphatic carbocycles. The Labute approximate surface area is 110 Å². The van der Waals surface area contributed by atoms with Crippen LogP contribution in [-0.4, -0.2) is 53.1 Å².